The number of rotatable bonds is 2. The molecule has 0 amide bonds. The number of anilines is 1. The molecular weight excluding hydrogens is 209 g/mol. The molecule has 0 spiro atoms. The topological polar surface area (TPSA) is 80.0 Å². The molecule has 0 saturated heterocycles. The Balaban J connectivity index is 2.43. The number of aliphatic imine (C=N–C) groups is 2. The third-order valence-electron chi connectivity index (χ3n) is 2.19. The summed E-state index contributed by atoms with van der Waals surface area (Å²) in [4.78, 5) is 9.85. The van der Waals surface area contributed by atoms with Gasteiger partial charge in [0.2, 0.25) is 0 Å². The van der Waals surface area contributed by atoms with Crippen LogP contribution in [0.15, 0.2) is 28.2 Å². The average Bonchev–Trinajstić information content (AvgIpc) is 2.69. The summed E-state index contributed by atoms with van der Waals surface area (Å²) in [5.74, 6) is -0.470. The van der Waals surface area contributed by atoms with E-state index in [1.54, 1.807) is 12.4 Å². The van der Waals surface area contributed by atoms with E-state index in [9.17, 15) is 4.39 Å². The lowest BCUT2D eigenvalue weighted by atomic mass is 10.2. The van der Waals surface area contributed by atoms with Gasteiger partial charge in [-0.05, 0) is 12.1 Å². The minimum atomic E-state index is -0.375. The quantitative estimate of drug-likeness (QED) is 0.566. The molecule has 1 aromatic rings. The Morgan fingerprint density at radius 3 is 2.88 bits per heavy atom. The maximum absolute atomic E-state index is 13.1. The molecule has 0 fully saturated rings. The van der Waals surface area contributed by atoms with Crippen LogP contribution in [0.2, 0.25) is 0 Å². The molecule has 0 atom stereocenters. The summed E-state index contributed by atoms with van der Waals surface area (Å²) in [7, 11) is 0. The van der Waals surface area contributed by atoms with Gasteiger partial charge < -0.3 is 16.4 Å². The van der Waals surface area contributed by atoms with Crippen molar-refractivity contribution in [1.82, 2.24) is 0 Å². The van der Waals surface area contributed by atoms with Crippen LogP contribution in [0.1, 0.15) is 0 Å². The van der Waals surface area contributed by atoms with Crippen molar-refractivity contribution in [2.75, 3.05) is 18.0 Å². The van der Waals surface area contributed by atoms with Gasteiger partial charge in [-0.2, -0.15) is 0 Å². The molecule has 4 N–H and O–H groups in total. The molecule has 0 aliphatic carbocycles. The second-order valence-corrected chi connectivity index (χ2v) is 3.38. The van der Waals surface area contributed by atoms with Gasteiger partial charge in [-0.25, -0.2) is 9.38 Å². The number of hydrogen-bond donors (Lipinski definition) is 2. The number of nitrogens with zero attached hydrogens (tertiary/aromatic N) is 3. The lowest BCUT2D eigenvalue weighted by Crippen LogP contribution is -2.23. The maximum atomic E-state index is 13.1. The second-order valence-electron chi connectivity index (χ2n) is 3.38. The van der Waals surface area contributed by atoms with Crippen molar-refractivity contribution in [1.29, 1.82) is 0 Å². The lowest BCUT2D eigenvalue weighted by Gasteiger charge is -2.16. The smallest absolute Gasteiger partial charge is 0.191 e. The van der Waals surface area contributed by atoms with Crippen LogP contribution in [0.4, 0.5) is 15.8 Å². The fourth-order valence-electron chi connectivity index (χ4n) is 1.53. The summed E-state index contributed by atoms with van der Waals surface area (Å²) < 4.78 is 13.1. The number of benzene rings is 1. The molecule has 1 aliphatic heterocycles. The second kappa shape index (κ2) is 4.18. The number of guanidine groups is 1. The van der Waals surface area contributed by atoms with Crippen LogP contribution in [-0.4, -0.2) is 25.4 Å². The Kier molecular flexibility index (Phi) is 2.72. The third-order valence-corrected chi connectivity index (χ3v) is 2.19. The van der Waals surface area contributed by atoms with E-state index in [1.165, 1.54) is 12.1 Å². The first-order chi connectivity index (χ1) is 7.66. The molecule has 1 aromatic carbocycles. The fourth-order valence-corrected chi connectivity index (χ4v) is 1.53. The van der Waals surface area contributed by atoms with Gasteiger partial charge in [0.15, 0.2) is 5.96 Å². The van der Waals surface area contributed by atoms with Gasteiger partial charge in [-0.3, -0.25) is 4.99 Å². The largest absolute Gasteiger partial charge is 0.370 e. The minimum Gasteiger partial charge on any atom is -0.370 e. The van der Waals surface area contributed by atoms with E-state index in [1.807, 2.05) is 4.90 Å². The molecular formula is C10H12FN5. The van der Waals surface area contributed by atoms with Gasteiger partial charge in [0, 0.05) is 12.6 Å². The van der Waals surface area contributed by atoms with Crippen molar-refractivity contribution in [3.8, 4) is 0 Å². The van der Waals surface area contributed by atoms with Crippen LogP contribution >= 0.6 is 0 Å². The highest BCUT2D eigenvalue weighted by Gasteiger charge is 2.13. The molecule has 16 heavy (non-hydrogen) atoms. The molecule has 84 valence electrons. The molecule has 0 unspecified atom stereocenters. The highest BCUT2D eigenvalue weighted by molar-refractivity contribution is 5.89. The first-order valence-electron chi connectivity index (χ1n) is 4.82. The monoisotopic (exact) mass is 221 g/mol. The Morgan fingerprint density at radius 1 is 1.44 bits per heavy atom. The van der Waals surface area contributed by atoms with Gasteiger partial charge in [-0.15, -0.1) is 0 Å². The maximum Gasteiger partial charge on any atom is 0.191 e. The average molecular weight is 221 g/mol. The summed E-state index contributed by atoms with van der Waals surface area (Å²) in [6.07, 6.45) is 1.69. The summed E-state index contributed by atoms with van der Waals surface area (Å²) >= 11 is 0. The number of nitrogens with two attached hydrogens (primary N) is 2. The van der Waals surface area contributed by atoms with E-state index in [-0.39, 0.29) is 11.8 Å². The van der Waals surface area contributed by atoms with Gasteiger partial charge in [0.1, 0.15) is 5.82 Å². The summed E-state index contributed by atoms with van der Waals surface area (Å²) in [6.45, 7) is 1.47. The van der Waals surface area contributed by atoms with E-state index in [4.69, 9.17) is 11.5 Å². The predicted octanol–water partition coefficient (Wildman–Crippen LogP) is 0.579. The Labute approximate surface area is 92.3 Å². The van der Waals surface area contributed by atoms with E-state index in [0.29, 0.717) is 5.69 Å². The molecule has 0 aromatic heterocycles. The standard InChI is InChI=1S/C10H12FN5/c11-7-1-2-9(16-4-3-14-6-16)8(5-7)15-10(12)13/h1-2,5-6H,3-4H2,(H4,12,13,15). The molecule has 0 radical (unpaired) electrons. The summed E-state index contributed by atoms with van der Waals surface area (Å²) in [5, 5.41) is 0. The van der Waals surface area contributed by atoms with Crippen molar-refractivity contribution in [2.45, 2.75) is 0 Å². The van der Waals surface area contributed by atoms with Crippen molar-refractivity contribution >= 4 is 23.7 Å². The van der Waals surface area contributed by atoms with E-state index < -0.39 is 0 Å². The van der Waals surface area contributed by atoms with Crippen LogP contribution in [0.25, 0.3) is 0 Å². The van der Waals surface area contributed by atoms with Crippen LogP contribution in [0.3, 0.4) is 0 Å². The molecule has 0 saturated carbocycles. The third kappa shape index (κ3) is 2.10. The van der Waals surface area contributed by atoms with Crippen molar-refractivity contribution in [2.24, 2.45) is 21.5 Å². The van der Waals surface area contributed by atoms with Crippen molar-refractivity contribution in [3.63, 3.8) is 0 Å². The highest BCUT2D eigenvalue weighted by Crippen LogP contribution is 2.29. The molecule has 0 bridgehead atoms. The fraction of sp³-hybridized carbons (Fsp3) is 0.200. The van der Waals surface area contributed by atoms with Crippen LogP contribution in [0.5, 0.6) is 0 Å². The Hall–Kier alpha value is -2.11. The Bertz CT molecular complexity index is 451. The van der Waals surface area contributed by atoms with E-state index in [2.05, 4.69) is 9.98 Å². The van der Waals surface area contributed by atoms with Gasteiger partial charge >= 0.3 is 0 Å². The molecule has 6 heteroatoms. The molecule has 5 nitrogen and oxygen atoms in total. The summed E-state index contributed by atoms with van der Waals surface area (Å²) in [5.41, 5.74) is 11.7. The first kappa shape index (κ1) is 10.4. The van der Waals surface area contributed by atoms with Crippen LogP contribution in [0, 0.1) is 5.82 Å². The zero-order valence-corrected chi connectivity index (χ0v) is 8.60. The SMILES string of the molecule is NC(N)=Nc1cc(F)ccc1N1C=NCC1. The van der Waals surface area contributed by atoms with Crippen molar-refractivity contribution < 1.29 is 4.39 Å². The highest BCUT2D eigenvalue weighted by atomic mass is 19.1. The lowest BCUT2D eigenvalue weighted by molar-refractivity contribution is 0.628. The van der Waals surface area contributed by atoms with E-state index in [0.717, 1.165) is 18.8 Å². The van der Waals surface area contributed by atoms with Crippen molar-refractivity contribution in [3.05, 3.63) is 24.0 Å². The molecule has 1 aliphatic rings. The number of halogens is 1. The van der Waals surface area contributed by atoms with Gasteiger partial charge in [0.25, 0.3) is 0 Å². The Morgan fingerprint density at radius 2 is 2.25 bits per heavy atom. The zero-order chi connectivity index (χ0) is 11.5. The normalized spacial score (nSPS) is 14.2. The number of hydrogen-bond acceptors (Lipinski definition) is 3. The van der Waals surface area contributed by atoms with Crippen LogP contribution < -0.4 is 16.4 Å². The van der Waals surface area contributed by atoms with E-state index >= 15 is 0 Å². The first-order valence-corrected chi connectivity index (χ1v) is 4.82. The van der Waals surface area contributed by atoms with Gasteiger partial charge in [-0.1, -0.05) is 0 Å². The van der Waals surface area contributed by atoms with Crippen LogP contribution in [-0.2, 0) is 0 Å². The van der Waals surface area contributed by atoms with Gasteiger partial charge in [0.05, 0.1) is 24.3 Å². The molecule has 2 rings (SSSR count). The predicted molar refractivity (Wildman–Crippen MR) is 62.6 cm³/mol. The summed E-state index contributed by atoms with van der Waals surface area (Å²) in [6, 6.07) is 4.29. The zero-order valence-electron chi connectivity index (χ0n) is 8.60. The molecule has 1 heterocycles. The minimum absolute atomic E-state index is 0.0945.